The summed E-state index contributed by atoms with van der Waals surface area (Å²) in [5, 5.41) is 4.77. The molecule has 39 heavy (non-hydrogen) atoms. The number of unbranched alkanes of at least 4 members (excludes halogenated alkanes) is 1. The average molecular weight is 537 g/mol. The first-order chi connectivity index (χ1) is 18.5. The van der Waals surface area contributed by atoms with Crippen LogP contribution in [0.15, 0.2) is 55.6 Å². The molecule has 2 amide bonds. The number of benzene rings is 2. The van der Waals surface area contributed by atoms with Crippen LogP contribution in [0.25, 0.3) is 16.8 Å². The second kappa shape index (κ2) is 12.5. The fourth-order valence-corrected chi connectivity index (χ4v) is 5.06. The minimum atomic E-state index is -0.982. The molecular weight excluding hydrogens is 496 g/mol. The minimum Gasteiger partial charge on any atom is -0.467 e. The van der Waals surface area contributed by atoms with Gasteiger partial charge in [0, 0.05) is 13.5 Å². The van der Waals surface area contributed by atoms with Crippen LogP contribution in [0.2, 0.25) is 0 Å². The first-order valence-corrected chi connectivity index (χ1v) is 13.1. The van der Waals surface area contributed by atoms with Crippen LogP contribution in [-0.4, -0.2) is 62.3 Å². The monoisotopic (exact) mass is 536 g/mol. The Morgan fingerprint density at radius 3 is 2.51 bits per heavy atom. The third-order valence-corrected chi connectivity index (χ3v) is 7.27. The smallest absolute Gasteiger partial charge is 0.407 e. The number of nitrogens with zero attached hydrogens (tertiary/aromatic N) is 1. The number of amides is 2. The zero-order valence-electron chi connectivity index (χ0n) is 23.6. The Bertz CT molecular complexity index is 1230. The van der Waals surface area contributed by atoms with Crippen molar-refractivity contribution in [2.24, 2.45) is 5.41 Å². The lowest BCUT2D eigenvalue weighted by Gasteiger charge is -2.35. The van der Waals surface area contributed by atoms with Gasteiger partial charge in [-0.15, -0.1) is 6.58 Å². The number of hydrogen-bond donors (Lipinski definition) is 1. The molecule has 210 valence electrons. The molecular formula is C31H40N2O6. The summed E-state index contributed by atoms with van der Waals surface area (Å²) in [5.41, 5.74) is 0.0936. The maximum Gasteiger partial charge on any atom is 0.407 e. The molecule has 0 spiro atoms. The molecule has 8 heteroatoms. The van der Waals surface area contributed by atoms with Crippen molar-refractivity contribution < 1.29 is 28.6 Å². The van der Waals surface area contributed by atoms with E-state index in [2.05, 4.69) is 18.5 Å². The van der Waals surface area contributed by atoms with Crippen molar-refractivity contribution in [3.63, 3.8) is 0 Å². The fraction of sp³-hybridized carbons (Fsp3) is 0.452. The van der Waals surface area contributed by atoms with Gasteiger partial charge in [-0.2, -0.15) is 0 Å². The zero-order valence-corrected chi connectivity index (χ0v) is 23.6. The summed E-state index contributed by atoms with van der Waals surface area (Å²) >= 11 is 0. The Labute approximate surface area is 231 Å². The lowest BCUT2D eigenvalue weighted by atomic mass is 9.85. The molecule has 1 fully saturated rings. The maximum absolute atomic E-state index is 14.1. The molecule has 8 nitrogen and oxygen atoms in total. The number of hydrogen-bond acceptors (Lipinski definition) is 6. The van der Waals surface area contributed by atoms with E-state index in [0.717, 1.165) is 21.9 Å². The molecule has 2 aromatic rings. The number of nitrogens with one attached hydrogen (secondary N) is 1. The summed E-state index contributed by atoms with van der Waals surface area (Å²) in [7, 11) is 2.87. The Kier molecular flexibility index (Phi) is 9.56. The molecule has 1 saturated heterocycles. The van der Waals surface area contributed by atoms with Crippen LogP contribution in [0.3, 0.4) is 0 Å². The highest BCUT2D eigenvalue weighted by Crippen LogP contribution is 2.42. The molecule has 2 aromatic carbocycles. The van der Waals surface area contributed by atoms with Crippen LogP contribution >= 0.6 is 0 Å². The number of likely N-dealkylation sites (tertiary alicyclic amines) is 1. The van der Waals surface area contributed by atoms with Gasteiger partial charge in [-0.05, 0) is 52.3 Å². The SMILES string of the molecule is C=CCCCOC(=O)N[C@H](C(=O)N1CC(OC)(c2cc(C=C)c3ccccc3c2)C[C@H]1C(=O)OC)C(C)(C)C. The van der Waals surface area contributed by atoms with Crippen molar-refractivity contribution in [2.75, 3.05) is 27.4 Å². The van der Waals surface area contributed by atoms with E-state index in [-0.39, 0.29) is 19.6 Å². The maximum atomic E-state index is 14.1. The highest BCUT2D eigenvalue weighted by Gasteiger charge is 2.53. The first-order valence-electron chi connectivity index (χ1n) is 13.1. The summed E-state index contributed by atoms with van der Waals surface area (Å²) in [6.45, 7) is 13.5. The number of allylic oxidation sites excluding steroid dienone is 1. The Balaban J connectivity index is 1.99. The normalized spacial score (nSPS) is 19.8. The van der Waals surface area contributed by atoms with Crippen molar-refractivity contribution >= 4 is 34.8 Å². The summed E-state index contributed by atoms with van der Waals surface area (Å²) < 4.78 is 16.5. The van der Waals surface area contributed by atoms with Crippen molar-refractivity contribution in [1.29, 1.82) is 0 Å². The number of alkyl carbamates (subject to hydrolysis) is 1. The third kappa shape index (κ3) is 6.50. The van der Waals surface area contributed by atoms with Gasteiger partial charge in [0.2, 0.25) is 5.91 Å². The van der Waals surface area contributed by atoms with Crippen LogP contribution < -0.4 is 5.32 Å². The van der Waals surface area contributed by atoms with Crippen LogP contribution in [0.5, 0.6) is 0 Å². The summed E-state index contributed by atoms with van der Waals surface area (Å²) in [6, 6.07) is 10.1. The molecule has 1 unspecified atom stereocenters. The molecule has 0 aromatic heterocycles. The highest BCUT2D eigenvalue weighted by molar-refractivity contribution is 5.93. The number of methoxy groups -OCH3 is 2. The molecule has 1 aliphatic heterocycles. The highest BCUT2D eigenvalue weighted by atomic mass is 16.5. The summed E-state index contributed by atoms with van der Waals surface area (Å²) in [4.78, 5) is 41.1. The third-order valence-electron chi connectivity index (χ3n) is 7.27. The second-order valence-corrected chi connectivity index (χ2v) is 10.9. The van der Waals surface area contributed by atoms with Crippen molar-refractivity contribution in [3.8, 4) is 0 Å². The summed E-state index contributed by atoms with van der Waals surface area (Å²) in [6.07, 6.45) is 4.38. The molecule has 1 N–H and O–H groups in total. The second-order valence-electron chi connectivity index (χ2n) is 10.9. The van der Waals surface area contributed by atoms with Gasteiger partial charge in [0.15, 0.2) is 0 Å². The molecule has 0 radical (unpaired) electrons. The minimum absolute atomic E-state index is 0.0969. The van der Waals surface area contributed by atoms with Gasteiger partial charge >= 0.3 is 12.1 Å². The van der Waals surface area contributed by atoms with Gasteiger partial charge in [-0.3, -0.25) is 4.79 Å². The zero-order chi connectivity index (χ0) is 28.8. The van der Waals surface area contributed by atoms with Gasteiger partial charge in [-0.1, -0.05) is 63.8 Å². The number of ether oxygens (including phenoxy) is 3. The van der Waals surface area contributed by atoms with Crippen molar-refractivity contribution in [1.82, 2.24) is 10.2 Å². The Hall–Kier alpha value is -3.65. The van der Waals surface area contributed by atoms with E-state index in [1.165, 1.54) is 12.0 Å². The molecule has 0 aliphatic carbocycles. The van der Waals surface area contributed by atoms with Crippen molar-refractivity contribution in [2.45, 2.75) is 57.7 Å². The van der Waals surface area contributed by atoms with E-state index in [1.54, 1.807) is 19.3 Å². The quantitative estimate of drug-likeness (QED) is 0.255. The van der Waals surface area contributed by atoms with Crippen LogP contribution in [0.4, 0.5) is 4.79 Å². The molecule has 1 aliphatic rings. The van der Waals surface area contributed by atoms with E-state index in [4.69, 9.17) is 14.2 Å². The first kappa shape index (κ1) is 29.9. The van der Waals surface area contributed by atoms with E-state index < -0.39 is 41.1 Å². The van der Waals surface area contributed by atoms with Crippen molar-refractivity contribution in [3.05, 3.63) is 66.8 Å². The van der Waals surface area contributed by atoms with E-state index in [0.29, 0.717) is 12.8 Å². The Morgan fingerprint density at radius 1 is 1.18 bits per heavy atom. The Morgan fingerprint density at radius 2 is 1.90 bits per heavy atom. The van der Waals surface area contributed by atoms with Gasteiger partial charge in [0.25, 0.3) is 0 Å². The van der Waals surface area contributed by atoms with Crippen LogP contribution in [-0.2, 0) is 29.4 Å². The number of carbonyl (C=O) groups is 3. The number of fused-ring (bicyclic) bond motifs is 1. The predicted octanol–water partition coefficient (Wildman–Crippen LogP) is 5.21. The van der Waals surface area contributed by atoms with Crippen LogP contribution in [0.1, 0.15) is 51.2 Å². The molecule has 0 bridgehead atoms. The largest absolute Gasteiger partial charge is 0.467 e. The average Bonchev–Trinajstić information content (AvgIpc) is 3.33. The number of carbonyl (C=O) groups excluding carboxylic acids is 3. The van der Waals surface area contributed by atoms with Gasteiger partial charge in [-0.25, -0.2) is 9.59 Å². The standard InChI is InChI=1S/C31H40N2O6/c1-8-10-13-16-39-29(36)32-26(30(3,4)5)27(34)33-20-31(38-7,19-25(33)28(35)37-6)23-17-21(9-2)24-15-12-11-14-22(24)18-23/h8-9,11-12,14-15,17-18,25-26H,1-2,10,13,16,19-20H2,3-7H3,(H,32,36)/t25-,26+,31?/m0/s1. The lowest BCUT2D eigenvalue weighted by Crippen LogP contribution is -2.57. The molecule has 3 atom stereocenters. The van der Waals surface area contributed by atoms with Crippen LogP contribution in [0, 0.1) is 5.41 Å². The van der Waals surface area contributed by atoms with E-state index >= 15 is 0 Å². The molecule has 3 rings (SSSR count). The van der Waals surface area contributed by atoms with Gasteiger partial charge in [0.05, 0.1) is 20.3 Å². The number of rotatable bonds is 10. The molecule has 1 heterocycles. The predicted molar refractivity (Wildman–Crippen MR) is 152 cm³/mol. The van der Waals surface area contributed by atoms with E-state index in [9.17, 15) is 14.4 Å². The molecule has 0 saturated carbocycles. The van der Waals surface area contributed by atoms with Gasteiger partial charge in [0.1, 0.15) is 17.7 Å². The lowest BCUT2D eigenvalue weighted by molar-refractivity contribution is -0.152. The van der Waals surface area contributed by atoms with Gasteiger partial charge < -0.3 is 24.4 Å². The van der Waals surface area contributed by atoms with E-state index in [1.807, 2.05) is 57.2 Å². The number of esters is 1. The fourth-order valence-electron chi connectivity index (χ4n) is 5.06. The summed E-state index contributed by atoms with van der Waals surface area (Å²) in [5.74, 6) is -0.962. The topological polar surface area (TPSA) is 94.2 Å².